The summed E-state index contributed by atoms with van der Waals surface area (Å²) in [5, 5.41) is 6.43. The van der Waals surface area contributed by atoms with Gasteiger partial charge in [0.15, 0.2) is 0 Å². The van der Waals surface area contributed by atoms with Crippen molar-refractivity contribution in [1.29, 1.82) is 0 Å². The molecule has 4 rings (SSSR count). The Morgan fingerprint density at radius 3 is 2.71 bits per heavy atom. The molecule has 3 N–H and O–H groups in total. The van der Waals surface area contributed by atoms with Crippen LogP contribution in [0.15, 0.2) is 60.8 Å². The predicted octanol–water partition coefficient (Wildman–Crippen LogP) is 2.66. The monoisotopic (exact) mass is 376 g/mol. The summed E-state index contributed by atoms with van der Waals surface area (Å²) in [5.41, 5.74) is 2.59. The Balaban J connectivity index is 1.34. The Kier molecular flexibility index (Phi) is 4.80. The smallest absolute Gasteiger partial charge is 0.324 e. The molecule has 0 radical (unpaired) electrons. The number of nitrogens with one attached hydrogen (secondary N) is 3. The quantitative estimate of drug-likeness (QED) is 0.577. The Morgan fingerprint density at radius 2 is 1.89 bits per heavy atom. The van der Waals surface area contributed by atoms with E-state index >= 15 is 0 Å². The number of carbonyl (C=O) groups is 3. The second kappa shape index (κ2) is 7.56. The summed E-state index contributed by atoms with van der Waals surface area (Å²) >= 11 is 0. The first-order chi connectivity index (χ1) is 13.6. The lowest BCUT2D eigenvalue weighted by molar-refractivity contribution is -0.129. The van der Waals surface area contributed by atoms with Crippen LogP contribution in [0.25, 0.3) is 10.9 Å². The van der Waals surface area contributed by atoms with E-state index < -0.39 is 12.1 Å². The van der Waals surface area contributed by atoms with Crippen LogP contribution in [0.4, 0.5) is 10.5 Å². The van der Waals surface area contributed by atoms with Crippen LogP contribution < -0.4 is 10.6 Å². The fourth-order valence-electron chi connectivity index (χ4n) is 3.34. The van der Waals surface area contributed by atoms with Crippen LogP contribution in [0, 0.1) is 0 Å². The van der Waals surface area contributed by atoms with Gasteiger partial charge in [-0.1, -0.05) is 36.4 Å². The lowest BCUT2D eigenvalue weighted by atomic mass is 10.1. The van der Waals surface area contributed by atoms with Crippen molar-refractivity contribution in [2.75, 3.05) is 11.9 Å². The van der Waals surface area contributed by atoms with Gasteiger partial charge >= 0.3 is 6.03 Å². The van der Waals surface area contributed by atoms with Crippen LogP contribution in [0.2, 0.25) is 0 Å². The molecule has 3 aromatic rings. The minimum atomic E-state index is -0.836. The number of anilines is 1. The summed E-state index contributed by atoms with van der Waals surface area (Å²) in [4.78, 5) is 41.3. The standard InChI is InChI=1S/C21H20N4O3/c26-19(23-16-7-6-15-8-10-22-17(15)12-16)13-18-20(27)25(21(28)24-18)11-9-14-4-2-1-3-5-14/h1-8,10,12,18,22H,9,11,13H2,(H,23,26)(H,24,28). The Bertz CT molecular complexity index is 1030. The molecule has 1 aliphatic rings. The van der Waals surface area contributed by atoms with Gasteiger partial charge in [0.2, 0.25) is 5.91 Å². The van der Waals surface area contributed by atoms with Crippen LogP contribution in [0.1, 0.15) is 12.0 Å². The van der Waals surface area contributed by atoms with Gasteiger partial charge in [-0.05, 0) is 35.6 Å². The van der Waals surface area contributed by atoms with Crippen LogP contribution in [0.3, 0.4) is 0 Å². The summed E-state index contributed by atoms with van der Waals surface area (Å²) in [7, 11) is 0. The minimum Gasteiger partial charge on any atom is -0.361 e. The Hall–Kier alpha value is -3.61. The molecule has 0 bridgehead atoms. The molecule has 1 atom stereocenters. The molecule has 1 aromatic heterocycles. The zero-order valence-electron chi connectivity index (χ0n) is 15.1. The van der Waals surface area contributed by atoms with E-state index in [0.29, 0.717) is 12.1 Å². The molecule has 28 heavy (non-hydrogen) atoms. The maximum atomic E-state index is 12.5. The first-order valence-electron chi connectivity index (χ1n) is 9.13. The van der Waals surface area contributed by atoms with Gasteiger partial charge in [-0.2, -0.15) is 0 Å². The van der Waals surface area contributed by atoms with E-state index in [4.69, 9.17) is 0 Å². The first-order valence-corrected chi connectivity index (χ1v) is 9.13. The third-order valence-corrected chi connectivity index (χ3v) is 4.80. The molecule has 1 unspecified atom stereocenters. The van der Waals surface area contributed by atoms with Gasteiger partial charge in [-0.15, -0.1) is 0 Å². The van der Waals surface area contributed by atoms with Gasteiger partial charge in [0, 0.05) is 23.9 Å². The zero-order valence-corrected chi connectivity index (χ0v) is 15.1. The van der Waals surface area contributed by atoms with Crippen molar-refractivity contribution >= 4 is 34.4 Å². The van der Waals surface area contributed by atoms with Gasteiger partial charge in [0.05, 0.1) is 6.42 Å². The molecule has 142 valence electrons. The average Bonchev–Trinajstić information content (AvgIpc) is 3.25. The van der Waals surface area contributed by atoms with Crippen molar-refractivity contribution in [3.8, 4) is 0 Å². The number of urea groups is 1. The number of aromatic nitrogens is 1. The van der Waals surface area contributed by atoms with Gasteiger partial charge in [0.25, 0.3) is 5.91 Å². The van der Waals surface area contributed by atoms with Crippen LogP contribution in [0.5, 0.6) is 0 Å². The van der Waals surface area contributed by atoms with Gasteiger partial charge in [-0.3, -0.25) is 14.5 Å². The van der Waals surface area contributed by atoms with E-state index in [0.717, 1.165) is 16.5 Å². The third kappa shape index (κ3) is 3.73. The summed E-state index contributed by atoms with van der Waals surface area (Å²) in [6.45, 7) is 0.288. The average molecular weight is 376 g/mol. The molecule has 7 nitrogen and oxygen atoms in total. The maximum absolute atomic E-state index is 12.5. The van der Waals surface area contributed by atoms with Crippen LogP contribution >= 0.6 is 0 Å². The largest absolute Gasteiger partial charge is 0.361 e. The van der Waals surface area contributed by atoms with Gasteiger partial charge in [-0.25, -0.2) is 4.79 Å². The fourth-order valence-corrected chi connectivity index (χ4v) is 3.34. The van der Waals surface area contributed by atoms with Crippen LogP contribution in [-0.4, -0.2) is 40.3 Å². The molecular weight excluding hydrogens is 356 g/mol. The summed E-state index contributed by atoms with van der Waals surface area (Å²) in [6.07, 6.45) is 2.30. The highest BCUT2D eigenvalue weighted by atomic mass is 16.2. The molecule has 2 heterocycles. The fraction of sp³-hybridized carbons (Fsp3) is 0.190. The molecule has 0 aliphatic carbocycles. The number of fused-ring (bicyclic) bond motifs is 1. The SMILES string of the molecule is O=C(CC1NC(=O)N(CCc2ccccc2)C1=O)Nc1ccc2cc[nH]c2c1. The van der Waals surface area contributed by atoms with E-state index in [-0.39, 0.29) is 24.8 Å². The number of aromatic amines is 1. The van der Waals surface area contributed by atoms with Crippen molar-refractivity contribution in [1.82, 2.24) is 15.2 Å². The highest BCUT2D eigenvalue weighted by molar-refractivity contribution is 6.07. The number of hydrogen-bond donors (Lipinski definition) is 3. The molecule has 0 spiro atoms. The molecule has 7 heteroatoms. The summed E-state index contributed by atoms with van der Waals surface area (Å²) in [6, 6.07) is 15.8. The number of rotatable bonds is 6. The van der Waals surface area contributed by atoms with Crippen molar-refractivity contribution in [3.63, 3.8) is 0 Å². The topological polar surface area (TPSA) is 94.3 Å². The van der Waals surface area contributed by atoms with Crippen molar-refractivity contribution in [3.05, 3.63) is 66.4 Å². The number of nitrogens with zero attached hydrogens (tertiary/aromatic N) is 1. The van der Waals surface area contributed by atoms with E-state index in [9.17, 15) is 14.4 Å². The molecule has 0 saturated carbocycles. The second-order valence-corrected chi connectivity index (χ2v) is 6.76. The van der Waals surface area contributed by atoms with Gasteiger partial charge in [0.1, 0.15) is 6.04 Å². The third-order valence-electron chi connectivity index (χ3n) is 4.80. The molecule has 1 saturated heterocycles. The highest BCUT2D eigenvalue weighted by Gasteiger charge is 2.38. The van der Waals surface area contributed by atoms with E-state index in [1.807, 2.05) is 54.7 Å². The van der Waals surface area contributed by atoms with Crippen molar-refractivity contribution < 1.29 is 14.4 Å². The summed E-state index contributed by atoms with van der Waals surface area (Å²) in [5.74, 6) is -0.689. The molecular formula is C21H20N4O3. The van der Waals surface area contributed by atoms with Crippen molar-refractivity contribution in [2.24, 2.45) is 0 Å². The predicted molar refractivity (Wildman–Crippen MR) is 106 cm³/mol. The number of imide groups is 1. The number of hydrogen-bond acceptors (Lipinski definition) is 3. The number of H-pyrrole nitrogens is 1. The first kappa shape index (κ1) is 17.8. The number of benzene rings is 2. The number of carbonyl (C=O) groups excluding carboxylic acids is 3. The highest BCUT2D eigenvalue weighted by Crippen LogP contribution is 2.18. The minimum absolute atomic E-state index is 0.102. The number of amides is 4. The molecule has 2 aromatic carbocycles. The van der Waals surface area contributed by atoms with E-state index in [2.05, 4.69) is 15.6 Å². The Labute approximate surface area is 161 Å². The lowest BCUT2D eigenvalue weighted by Crippen LogP contribution is -2.34. The molecule has 1 aliphatic heterocycles. The van der Waals surface area contributed by atoms with Gasteiger partial charge < -0.3 is 15.6 Å². The van der Waals surface area contributed by atoms with Crippen LogP contribution in [-0.2, 0) is 16.0 Å². The second-order valence-electron chi connectivity index (χ2n) is 6.76. The van der Waals surface area contributed by atoms with Crippen molar-refractivity contribution in [2.45, 2.75) is 18.9 Å². The lowest BCUT2D eigenvalue weighted by Gasteiger charge is -2.13. The zero-order chi connectivity index (χ0) is 19.5. The normalized spacial score (nSPS) is 16.4. The van der Waals surface area contributed by atoms with E-state index in [1.165, 1.54) is 4.90 Å². The maximum Gasteiger partial charge on any atom is 0.324 e. The Morgan fingerprint density at radius 1 is 1.07 bits per heavy atom. The molecule has 4 amide bonds. The molecule has 1 fully saturated rings. The summed E-state index contributed by atoms with van der Waals surface area (Å²) < 4.78 is 0. The van der Waals surface area contributed by atoms with E-state index in [1.54, 1.807) is 6.07 Å².